The number of aliphatic hydroxyl groups is 1. The van der Waals surface area contributed by atoms with Crippen LogP contribution in [0.1, 0.15) is 12.8 Å². The molecule has 1 heterocycles. The Bertz CT molecular complexity index is 218. The predicted octanol–water partition coefficient (Wildman–Crippen LogP) is 1.74. The van der Waals surface area contributed by atoms with Crippen LogP contribution in [0.3, 0.4) is 0 Å². The summed E-state index contributed by atoms with van der Waals surface area (Å²) in [6.45, 7) is 0. The van der Waals surface area contributed by atoms with Crippen molar-refractivity contribution in [1.29, 1.82) is 0 Å². The standard InChI is InChI=1S/C9H12OS/c10-9-6-11-5-7-3-1-2-4-8(7)9/h1,3,9-10H,2,4-6H2. The van der Waals surface area contributed by atoms with Crippen LogP contribution in [-0.4, -0.2) is 22.7 Å². The minimum absolute atomic E-state index is 0.159. The van der Waals surface area contributed by atoms with E-state index in [1.54, 1.807) is 0 Å². The molecule has 0 spiro atoms. The molecule has 0 bridgehead atoms. The van der Waals surface area contributed by atoms with Gasteiger partial charge in [0.2, 0.25) is 0 Å². The molecule has 1 aliphatic carbocycles. The fourth-order valence-electron chi connectivity index (χ4n) is 1.63. The Morgan fingerprint density at radius 3 is 3.27 bits per heavy atom. The van der Waals surface area contributed by atoms with E-state index in [0.717, 1.165) is 24.3 Å². The van der Waals surface area contributed by atoms with Crippen LogP contribution in [0.5, 0.6) is 0 Å². The molecule has 11 heavy (non-hydrogen) atoms. The van der Waals surface area contributed by atoms with Gasteiger partial charge in [-0.25, -0.2) is 0 Å². The van der Waals surface area contributed by atoms with E-state index < -0.39 is 0 Å². The molecule has 0 saturated carbocycles. The number of allylic oxidation sites excluding steroid dienone is 2. The third kappa shape index (κ3) is 1.37. The molecule has 1 N–H and O–H groups in total. The third-order valence-corrected chi connectivity index (χ3v) is 3.31. The first kappa shape index (κ1) is 7.44. The van der Waals surface area contributed by atoms with E-state index in [4.69, 9.17) is 0 Å². The van der Waals surface area contributed by atoms with Crippen molar-refractivity contribution in [3.05, 3.63) is 23.3 Å². The first-order valence-corrected chi connectivity index (χ1v) is 5.17. The molecule has 2 aliphatic rings. The summed E-state index contributed by atoms with van der Waals surface area (Å²) in [5, 5.41) is 9.59. The van der Waals surface area contributed by atoms with Crippen LogP contribution in [0.15, 0.2) is 23.3 Å². The van der Waals surface area contributed by atoms with Crippen LogP contribution < -0.4 is 0 Å². The molecule has 0 aromatic rings. The normalized spacial score (nSPS) is 30.5. The van der Waals surface area contributed by atoms with Gasteiger partial charge >= 0.3 is 0 Å². The van der Waals surface area contributed by atoms with Crippen LogP contribution in [0.25, 0.3) is 0 Å². The summed E-state index contributed by atoms with van der Waals surface area (Å²) < 4.78 is 0. The second-order valence-corrected chi connectivity index (χ2v) is 4.05. The summed E-state index contributed by atoms with van der Waals surface area (Å²) in [6.07, 6.45) is 6.41. The van der Waals surface area contributed by atoms with Crippen LogP contribution in [-0.2, 0) is 0 Å². The van der Waals surface area contributed by atoms with Crippen molar-refractivity contribution in [2.45, 2.75) is 18.9 Å². The molecule has 1 unspecified atom stereocenters. The van der Waals surface area contributed by atoms with Gasteiger partial charge in [-0.15, -0.1) is 0 Å². The van der Waals surface area contributed by atoms with Gasteiger partial charge < -0.3 is 5.11 Å². The van der Waals surface area contributed by atoms with Crippen molar-refractivity contribution in [3.63, 3.8) is 0 Å². The van der Waals surface area contributed by atoms with E-state index in [9.17, 15) is 5.11 Å². The Labute approximate surface area is 71.2 Å². The van der Waals surface area contributed by atoms with Crippen molar-refractivity contribution in [3.8, 4) is 0 Å². The van der Waals surface area contributed by atoms with Gasteiger partial charge in [0.25, 0.3) is 0 Å². The average molecular weight is 168 g/mol. The van der Waals surface area contributed by atoms with Crippen molar-refractivity contribution in [2.24, 2.45) is 0 Å². The van der Waals surface area contributed by atoms with Crippen LogP contribution in [0.4, 0.5) is 0 Å². The lowest BCUT2D eigenvalue weighted by atomic mass is 9.94. The highest BCUT2D eigenvalue weighted by Gasteiger charge is 2.20. The van der Waals surface area contributed by atoms with Gasteiger partial charge in [-0.1, -0.05) is 12.2 Å². The lowest BCUT2D eigenvalue weighted by molar-refractivity contribution is 0.229. The summed E-state index contributed by atoms with van der Waals surface area (Å²) in [5.74, 6) is 2.00. The number of rotatable bonds is 0. The molecule has 0 radical (unpaired) electrons. The largest absolute Gasteiger partial charge is 0.388 e. The number of hydrogen-bond donors (Lipinski definition) is 1. The fraction of sp³-hybridized carbons (Fsp3) is 0.556. The SMILES string of the molecule is OC1CSCC2=C1CCC=C2. The maximum Gasteiger partial charge on any atom is 0.0846 e. The van der Waals surface area contributed by atoms with Crippen LogP contribution in [0.2, 0.25) is 0 Å². The van der Waals surface area contributed by atoms with Crippen molar-refractivity contribution < 1.29 is 5.11 Å². The molecule has 0 saturated heterocycles. The number of thioether (sulfide) groups is 1. The first-order chi connectivity index (χ1) is 5.38. The van der Waals surface area contributed by atoms with Gasteiger partial charge in [0.05, 0.1) is 6.10 Å². The summed E-state index contributed by atoms with van der Waals surface area (Å²) >= 11 is 1.83. The van der Waals surface area contributed by atoms with Crippen molar-refractivity contribution >= 4 is 11.8 Å². The lowest BCUT2D eigenvalue weighted by Gasteiger charge is -2.25. The Balaban J connectivity index is 2.28. The molecule has 1 aliphatic heterocycles. The maximum atomic E-state index is 9.59. The fourth-order valence-corrected chi connectivity index (χ4v) is 2.68. The molecular weight excluding hydrogens is 156 g/mol. The summed E-state index contributed by atoms with van der Waals surface area (Å²) in [5.41, 5.74) is 2.67. The van der Waals surface area contributed by atoms with E-state index in [-0.39, 0.29) is 6.10 Å². The molecule has 0 aromatic heterocycles. The zero-order valence-electron chi connectivity index (χ0n) is 6.42. The molecule has 0 amide bonds. The van der Waals surface area contributed by atoms with Gasteiger partial charge in [-0.05, 0) is 24.0 Å². The first-order valence-electron chi connectivity index (χ1n) is 4.02. The lowest BCUT2D eigenvalue weighted by Crippen LogP contribution is -2.21. The molecule has 60 valence electrons. The monoisotopic (exact) mass is 168 g/mol. The van der Waals surface area contributed by atoms with E-state index >= 15 is 0 Å². The molecule has 1 atom stereocenters. The molecule has 2 heteroatoms. The second kappa shape index (κ2) is 3.03. The Morgan fingerprint density at radius 1 is 1.55 bits per heavy atom. The predicted molar refractivity (Wildman–Crippen MR) is 48.7 cm³/mol. The minimum Gasteiger partial charge on any atom is -0.388 e. The van der Waals surface area contributed by atoms with Crippen molar-refractivity contribution in [2.75, 3.05) is 11.5 Å². The maximum absolute atomic E-state index is 9.59. The van der Waals surface area contributed by atoms with E-state index in [0.29, 0.717) is 0 Å². The Hall–Kier alpha value is -0.210. The molecule has 0 fully saturated rings. The van der Waals surface area contributed by atoms with E-state index in [2.05, 4.69) is 12.2 Å². The average Bonchev–Trinajstić information content (AvgIpc) is 2.06. The highest BCUT2D eigenvalue weighted by molar-refractivity contribution is 7.99. The van der Waals surface area contributed by atoms with Gasteiger partial charge in [-0.3, -0.25) is 0 Å². The quantitative estimate of drug-likeness (QED) is 0.594. The Kier molecular flexibility index (Phi) is 2.05. The highest BCUT2D eigenvalue weighted by atomic mass is 32.2. The molecule has 2 rings (SSSR count). The number of hydrogen-bond acceptors (Lipinski definition) is 2. The molecule has 0 aromatic carbocycles. The van der Waals surface area contributed by atoms with E-state index in [1.165, 1.54) is 11.1 Å². The second-order valence-electron chi connectivity index (χ2n) is 3.02. The highest BCUT2D eigenvalue weighted by Crippen LogP contribution is 2.30. The smallest absolute Gasteiger partial charge is 0.0846 e. The van der Waals surface area contributed by atoms with Crippen LogP contribution in [0, 0.1) is 0 Å². The summed E-state index contributed by atoms with van der Waals surface area (Å²) in [6, 6.07) is 0. The minimum atomic E-state index is -0.159. The van der Waals surface area contributed by atoms with Gasteiger partial charge in [-0.2, -0.15) is 11.8 Å². The van der Waals surface area contributed by atoms with Gasteiger partial charge in [0, 0.05) is 11.5 Å². The number of aliphatic hydroxyl groups excluding tert-OH is 1. The van der Waals surface area contributed by atoms with Crippen LogP contribution >= 0.6 is 11.8 Å². The zero-order valence-corrected chi connectivity index (χ0v) is 7.23. The van der Waals surface area contributed by atoms with Crippen molar-refractivity contribution in [1.82, 2.24) is 0 Å². The van der Waals surface area contributed by atoms with Gasteiger partial charge in [0.15, 0.2) is 0 Å². The summed E-state index contributed by atoms with van der Waals surface area (Å²) in [7, 11) is 0. The van der Waals surface area contributed by atoms with E-state index in [1.807, 2.05) is 11.8 Å². The Morgan fingerprint density at radius 2 is 2.45 bits per heavy atom. The topological polar surface area (TPSA) is 20.2 Å². The summed E-state index contributed by atoms with van der Waals surface area (Å²) in [4.78, 5) is 0. The molecular formula is C9H12OS. The third-order valence-electron chi connectivity index (χ3n) is 2.25. The molecule has 1 nitrogen and oxygen atoms in total. The zero-order chi connectivity index (χ0) is 7.68. The van der Waals surface area contributed by atoms with Gasteiger partial charge in [0.1, 0.15) is 0 Å².